The minimum Gasteiger partial charge on any atom is -0.497 e. The topological polar surface area (TPSA) is 67.4 Å². The third-order valence-electron chi connectivity index (χ3n) is 4.96. The molecule has 0 saturated carbocycles. The van der Waals surface area contributed by atoms with E-state index in [4.69, 9.17) is 4.74 Å². The summed E-state index contributed by atoms with van der Waals surface area (Å²) in [7, 11) is 1.60. The van der Waals surface area contributed by atoms with E-state index in [1.165, 1.54) is 16.2 Å². The minimum absolute atomic E-state index is 0.116. The standard InChI is InChI=1S/C23H22N2O3S/c1-28-17-12-10-16(11-13-17)24-22(27)21-18-8-5-9-19(18)29-23(21)25-20(26)14-15-6-3-2-4-7-15/h2-4,6-7,10-13H,5,8-9,14H2,1H3,(H,24,27)(H,25,26). The summed E-state index contributed by atoms with van der Waals surface area (Å²) in [4.78, 5) is 26.8. The van der Waals surface area contributed by atoms with Crippen LogP contribution in [0.25, 0.3) is 0 Å². The summed E-state index contributed by atoms with van der Waals surface area (Å²) in [5, 5.41) is 6.56. The molecule has 5 nitrogen and oxygen atoms in total. The molecule has 1 aliphatic rings. The van der Waals surface area contributed by atoms with Gasteiger partial charge in [-0.25, -0.2) is 0 Å². The Morgan fingerprint density at radius 2 is 1.76 bits per heavy atom. The van der Waals surface area contributed by atoms with Gasteiger partial charge >= 0.3 is 0 Å². The van der Waals surface area contributed by atoms with Crippen molar-refractivity contribution in [3.8, 4) is 5.75 Å². The Morgan fingerprint density at radius 1 is 1.00 bits per heavy atom. The molecule has 1 aromatic heterocycles. The van der Waals surface area contributed by atoms with Crippen molar-refractivity contribution in [3.05, 3.63) is 76.2 Å². The molecule has 0 spiro atoms. The van der Waals surface area contributed by atoms with Crippen molar-refractivity contribution in [2.24, 2.45) is 0 Å². The molecule has 29 heavy (non-hydrogen) atoms. The van der Waals surface area contributed by atoms with Crippen LogP contribution in [-0.4, -0.2) is 18.9 Å². The van der Waals surface area contributed by atoms with Crippen molar-refractivity contribution < 1.29 is 14.3 Å². The van der Waals surface area contributed by atoms with Gasteiger partial charge in [0.05, 0.1) is 19.1 Å². The number of hydrogen-bond donors (Lipinski definition) is 2. The predicted octanol–water partition coefficient (Wildman–Crippen LogP) is 4.68. The van der Waals surface area contributed by atoms with E-state index in [1.807, 2.05) is 30.3 Å². The van der Waals surface area contributed by atoms with Crippen LogP contribution in [0.5, 0.6) is 5.75 Å². The normalized spacial score (nSPS) is 12.3. The molecule has 2 aromatic carbocycles. The van der Waals surface area contributed by atoms with E-state index >= 15 is 0 Å². The molecule has 0 fully saturated rings. The van der Waals surface area contributed by atoms with Gasteiger partial charge in [-0.3, -0.25) is 9.59 Å². The number of carbonyl (C=O) groups is 2. The summed E-state index contributed by atoms with van der Waals surface area (Å²) < 4.78 is 5.16. The molecule has 2 N–H and O–H groups in total. The molecule has 0 bridgehead atoms. The first-order valence-electron chi connectivity index (χ1n) is 9.58. The quantitative estimate of drug-likeness (QED) is 0.625. The molecule has 3 aromatic rings. The summed E-state index contributed by atoms with van der Waals surface area (Å²) in [5.74, 6) is 0.424. The fraction of sp³-hybridized carbons (Fsp3) is 0.217. The summed E-state index contributed by atoms with van der Waals surface area (Å²) >= 11 is 1.52. The largest absolute Gasteiger partial charge is 0.497 e. The molecule has 1 heterocycles. The molecule has 6 heteroatoms. The van der Waals surface area contributed by atoms with Crippen LogP contribution >= 0.6 is 11.3 Å². The number of ether oxygens (including phenoxy) is 1. The van der Waals surface area contributed by atoms with Crippen LogP contribution in [0.1, 0.15) is 32.8 Å². The number of methoxy groups -OCH3 is 1. The highest BCUT2D eigenvalue weighted by Gasteiger charge is 2.27. The molecule has 0 atom stereocenters. The fourth-order valence-corrected chi connectivity index (χ4v) is 4.86. The molecule has 2 amide bonds. The van der Waals surface area contributed by atoms with Crippen molar-refractivity contribution in [1.82, 2.24) is 0 Å². The van der Waals surface area contributed by atoms with Crippen molar-refractivity contribution in [3.63, 3.8) is 0 Å². The Kier molecular flexibility index (Phi) is 5.62. The van der Waals surface area contributed by atoms with E-state index < -0.39 is 0 Å². The van der Waals surface area contributed by atoms with Gasteiger partial charge in [0.2, 0.25) is 5.91 Å². The summed E-state index contributed by atoms with van der Waals surface area (Å²) in [5.41, 5.74) is 3.30. The van der Waals surface area contributed by atoms with E-state index in [9.17, 15) is 9.59 Å². The van der Waals surface area contributed by atoms with Gasteiger partial charge in [0, 0.05) is 10.6 Å². The van der Waals surface area contributed by atoms with Gasteiger partial charge in [-0.2, -0.15) is 0 Å². The van der Waals surface area contributed by atoms with E-state index in [0.29, 0.717) is 16.3 Å². The zero-order chi connectivity index (χ0) is 20.2. The molecular formula is C23H22N2O3S. The molecule has 0 saturated heterocycles. The third-order valence-corrected chi connectivity index (χ3v) is 6.16. The van der Waals surface area contributed by atoms with Crippen LogP contribution in [-0.2, 0) is 24.1 Å². The average Bonchev–Trinajstić information content (AvgIpc) is 3.30. The Bertz CT molecular complexity index is 1030. The molecule has 4 rings (SSSR count). The molecular weight excluding hydrogens is 384 g/mol. The second kappa shape index (κ2) is 8.49. The monoisotopic (exact) mass is 406 g/mol. The number of benzene rings is 2. The molecule has 148 valence electrons. The van der Waals surface area contributed by atoms with Gasteiger partial charge in [-0.1, -0.05) is 30.3 Å². The summed E-state index contributed by atoms with van der Waals surface area (Å²) in [6.45, 7) is 0. The van der Waals surface area contributed by atoms with Gasteiger partial charge in [0.1, 0.15) is 10.8 Å². The van der Waals surface area contributed by atoms with E-state index in [0.717, 1.165) is 36.1 Å². The molecule has 0 unspecified atom stereocenters. The van der Waals surface area contributed by atoms with Crippen LogP contribution in [0.15, 0.2) is 54.6 Å². The van der Waals surface area contributed by atoms with Crippen molar-refractivity contribution in [2.75, 3.05) is 17.7 Å². The maximum atomic E-state index is 13.1. The molecule has 0 radical (unpaired) electrons. The smallest absolute Gasteiger partial charge is 0.258 e. The molecule has 0 aliphatic heterocycles. The van der Waals surface area contributed by atoms with Crippen LogP contribution in [0.4, 0.5) is 10.7 Å². The van der Waals surface area contributed by atoms with Gasteiger partial charge in [-0.15, -0.1) is 11.3 Å². The van der Waals surface area contributed by atoms with Crippen LogP contribution in [0.3, 0.4) is 0 Å². The van der Waals surface area contributed by atoms with Crippen LogP contribution < -0.4 is 15.4 Å². The SMILES string of the molecule is COc1ccc(NC(=O)c2c(NC(=O)Cc3ccccc3)sc3c2CCC3)cc1. The van der Waals surface area contributed by atoms with E-state index in [2.05, 4.69) is 10.6 Å². The number of carbonyl (C=O) groups excluding carboxylic acids is 2. The lowest BCUT2D eigenvalue weighted by Gasteiger charge is -2.10. The third kappa shape index (κ3) is 4.32. The number of thiophene rings is 1. The highest BCUT2D eigenvalue weighted by atomic mass is 32.1. The highest BCUT2D eigenvalue weighted by Crippen LogP contribution is 2.39. The number of rotatable bonds is 6. The van der Waals surface area contributed by atoms with Gasteiger partial charge in [-0.05, 0) is 54.7 Å². The Labute approximate surface area is 173 Å². The zero-order valence-electron chi connectivity index (χ0n) is 16.2. The molecule has 1 aliphatic carbocycles. The lowest BCUT2D eigenvalue weighted by atomic mass is 10.1. The number of nitrogens with one attached hydrogen (secondary N) is 2. The highest BCUT2D eigenvalue weighted by molar-refractivity contribution is 7.17. The first-order chi connectivity index (χ1) is 14.1. The maximum absolute atomic E-state index is 13.1. The predicted molar refractivity (Wildman–Crippen MR) is 116 cm³/mol. The second-order valence-corrected chi connectivity index (χ2v) is 8.06. The zero-order valence-corrected chi connectivity index (χ0v) is 17.0. The van der Waals surface area contributed by atoms with E-state index in [1.54, 1.807) is 31.4 Å². The number of amides is 2. The maximum Gasteiger partial charge on any atom is 0.258 e. The minimum atomic E-state index is -0.190. The van der Waals surface area contributed by atoms with Crippen LogP contribution in [0, 0.1) is 0 Å². The number of fused-ring (bicyclic) bond motifs is 1. The first-order valence-corrected chi connectivity index (χ1v) is 10.4. The number of hydrogen-bond acceptors (Lipinski definition) is 4. The van der Waals surface area contributed by atoms with Crippen molar-refractivity contribution in [1.29, 1.82) is 0 Å². The van der Waals surface area contributed by atoms with Gasteiger partial charge in [0.15, 0.2) is 0 Å². The Morgan fingerprint density at radius 3 is 2.48 bits per heavy atom. The Balaban J connectivity index is 1.54. The fourth-order valence-electron chi connectivity index (χ4n) is 3.55. The van der Waals surface area contributed by atoms with Gasteiger partial charge < -0.3 is 15.4 Å². The number of aryl methyl sites for hydroxylation is 1. The lowest BCUT2D eigenvalue weighted by Crippen LogP contribution is -2.19. The number of anilines is 2. The second-order valence-electron chi connectivity index (χ2n) is 6.95. The van der Waals surface area contributed by atoms with Crippen LogP contribution in [0.2, 0.25) is 0 Å². The first kappa shape index (κ1) is 19.2. The van der Waals surface area contributed by atoms with Crippen molar-refractivity contribution in [2.45, 2.75) is 25.7 Å². The summed E-state index contributed by atoms with van der Waals surface area (Å²) in [6.07, 6.45) is 3.15. The average molecular weight is 407 g/mol. The summed E-state index contributed by atoms with van der Waals surface area (Å²) in [6, 6.07) is 16.8. The Hall–Kier alpha value is -3.12. The van der Waals surface area contributed by atoms with Gasteiger partial charge in [0.25, 0.3) is 5.91 Å². The van der Waals surface area contributed by atoms with E-state index in [-0.39, 0.29) is 18.2 Å². The van der Waals surface area contributed by atoms with Crippen molar-refractivity contribution >= 4 is 33.8 Å². The lowest BCUT2D eigenvalue weighted by molar-refractivity contribution is -0.115.